The van der Waals surface area contributed by atoms with E-state index in [1.165, 1.54) is 7.11 Å². The highest BCUT2D eigenvalue weighted by atomic mass is 16.5. The van der Waals surface area contributed by atoms with E-state index in [9.17, 15) is 9.59 Å². The lowest BCUT2D eigenvalue weighted by Crippen LogP contribution is -2.30. The van der Waals surface area contributed by atoms with Crippen molar-refractivity contribution in [1.82, 2.24) is 9.88 Å². The Morgan fingerprint density at radius 1 is 1.29 bits per heavy atom. The molecule has 0 saturated heterocycles. The maximum absolute atomic E-state index is 12.3. The number of hydrogen-bond donors (Lipinski definition) is 1. The lowest BCUT2D eigenvalue weighted by molar-refractivity contribution is -0.141. The number of methoxy groups -OCH3 is 1. The van der Waals surface area contributed by atoms with Crippen molar-refractivity contribution < 1.29 is 14.3 Å². The zero-order chi connectivity index (χ0) is 15.4. The van der Waals surface area contributed by atoms with Gasteiger partial charge in [-0.2, -0.15) is 0 Å². The summed E-state index contributed by atoms with van der Waals surface area (Å²) in [4.78, 5) is 28.2. The first-order valence-electron chi connectivity index (χ1n) is 6.90. The van der Waals surface area contributed by atoms with Gasteiger partial charge in [-0.05, 0) is 18.6 Å². The summed E-state index contributed by atoms with van der Waals surface area (Å²) in [6.45, 7) is 2.34. The molecular weight excluding hydrogens is 268 g/mol. The lowest BCUT2D eigenvalue weighted by atomic mass is 10.1. The van der Waals surface area contributed by atoms with Crippen molar-refractivity contribution in [2.75, 3.05) is 20.7 Å². The quantitative estimate of drug-likeness (QED) is 0.856. The third-order valence-electron chi connectivity index (χ3n) is 3.66. The molecule has 1 heterocycles. The summed E-state index contributed by atoms with van der Waals surface area (Å²) in [6.07, 6.45) is 0.541. The van der Waals surface area contributed by atoms with Crippen LogP contribution in [0, 0.1) is 6.92 Å². The second-order valence-corrected chi connectivity index (χ2v) is 5.09. The van der Waals surface area contributed by atoms with Gasteiger partial charge < -0.3 is 14.6 Å². The van der Waals surface area contributed by atoms with Crippen molar-refractivity contribution in [2.24, 2.45) is 0 Å². The predicted molar refractivity (Wildman–Crippen MR) is 81.0 cm³/mol. The van der Waals surface area contributed by atoms with Crippen LogP contribution in [0.1, 0.15) is 17.7 Å². The maximum Gasteiger partial charge on any atom is 0.307 e. The summed E-state index contributed by atoms with van der Waals surface area (Å²) in [5, 5.41) is 1.07. The van der Waals surface area contributed by atoms with Gasteiger partial charge in [0.25, 0.3) is 0 Å². The Hall–Kier alpha value is -2.30. The Labute approximate surface area is 123 Å². The smallest absolute Gasteiger partial charge is 0.307 e. The number of para-hydroxylation sites is 1. The summed E-state index contributed by atoms with van der Waals surface area (Å²) in [6, 6.07) is 7.93. The standard InChI is InChI=1S/C16H20N2O3/c1-11-13(12-6-4-5-7-14(12)17-11)10-15(19)18(2)9-8-16(20)21-3/h4-7,17H,8-10H2,1-3H3. The van der Waals surface area contributed by atoms with Gasteiger partial charge in [-0.1, -0.05) is 18.2 Å². The molecule has 21 heavy (non-hydrogen) atoms. The number of esters is 1. The Morgan fingerprint density at radius 3 is 2.71 bits per heavy atom. The summed E-state index contributed by atoms with van der Waals surface area (Å²) in [5.74, 6) is -0.315. The Kier molecular flexibility index (Phi) is 4.62. The number of rotatable bonds is 5. The van der Waals surface area contributed by atoms with Gasteiger partial charge in [0.05, 0.1) is 20.0 Å². The van der Waals surface area contributed by atoms with E-state index in [1.54, 1.807) is 11.9 Å². The van der Waals surface area contributed by atoms with Crippen molar-refractivity contribution in [1.29, 1.82) is 0 Å². The van der Waals surface area contributed by atoms with Crippen LogP contribution in [0.15, 0.2) is 24.3 Å². The van der Waals surface area contributed by atoms with E-state index in [0.29, 0.717) is 13.0 Å². The summed E-state index contributed by atoms with van der Waals surface area (Å²) < 4.78 is 4.58. The fraction of sp³-hybridized carbons (Fsp3) is 0.375. The van der Waals surface area contributed by atoms with Gasteiger partial charge >= 0.3 is 5.97 Å². The predicted octanol–water partition coefficient (Wildman–Crippen LogP) is 2.04. The first-order valence-corrected chi connectivity index (χ1v) is 6.90. The molecule has 0 unspecified atom stereocenters. The van der Waals surface area contributed by atoms with Crippen LogP contribution in [0.4, 0.5) is 0 Å². The molecule has 0 aliphatic rings. The number of fused-ring (bicyclic) bond motifs is 1. The Balaban J connectivity index is 2.07. The number of aryl methyl sites for hydroxylation is 1. The molecule has 5 nitrogen and oxygen atoms in total. The molecule has 2 aromatic rings. The van der Waals surface area contributed by atoms with Crippen LogP contribution < -0.4 is 0 Å². The molecule has 0 bridgehead atoms. The third-order valence-corrected chi connectivity index (χ3v) is 3.66. The third kappa shape index (κ3) is 3.42. The van der Waals surface area contributed by atoms with Crippen LogP contribution in [0.2, 0.25) is 0 Å². The molecule has 5 heteroatoms. The summed E-state index contributed by atoms with van der Waals surface area (Å²) in [5.41, 5.74) is 3.06. The monoisotopic (exact) mass is 288 g/mol. The average Bonchev–Trinajstić information content (AvgIpc) is 2.80. The normalized spacial score (nSPS) is 10.6. The Bertz CT molecular complexity index is 661. The highest BCUT2D eigenvalue weighted by Crippen LogP contribution is 2.22. The van der Waals surface area contributed by atoms with Crippen LogP contribution >= 0.6 is 0 Å². The van der Waals surface area contributed by atoms with Crippen molar-refractivity contribution >= 4 is 22.8 Å². The number of H-pyrrole nitrogens is 1. The number of aromatic nitrogens is 1. The molecule has 2 rings (SSSR count). The number of ether oxygens (including phenoxy) is 1. The van der Waals surface area contributed by atoms with Crippen molar-refractivity contribution in [2.45, 2.75) is 19.8 Å². The van der Waals surface area contributed by atoms with E-state index in [0.717, 1.165) is 22.2 Å². The number of benzene rings is 1. The molecular formula is C16H20N2O3. The van der Waals surface area contributed by atoms with E-state index < -0.39 is 0 Å². The number of likely N-dealkylation sites (N-methyl/N-ethyl adjacent to an activating group) is 1. The van der Waals surface area contributed by atoms with Crippen LogP contribution in [-0.4, -0.2) is 42.5 Å². The van der Waals surface area contributed by atoms with E-state index in [4.69, 9.17) is 0 Å². The van der Waals surface area contributed by atoms with Gasteiger partial charge in [0.1, 0.15) is 0 Å². The first kappa shape index (κ1) is 15.1. The number of carbonyl (C=O) groups is 2. The minimum Gasteiger partial charge on any atom is -0.469 e. The number of amides is 1. The topological polar surface area (TPSA) is 62.4 Å². The number of aromatic amines is 1. The molecule has 0 aliphatic carbocycles. The molecule has 0 fully saturated rings. The van der Waals surface area contributed by atoms with Crippen molar-refractivity contribution in [3.8, 4) is 0 Å². The van der Waals surface area contributed by atoms with E-state index in [2.05, 4.69) is 9.72 Å². The number of nitrogens with zero attached hydrogens (tertiary/aromatic N) is 1. The minimum absolute atomic E-state index is 0.00763. The molecule has 0 atom stereocenters. The zero-order valence-electron chi connectivity index (χ0n) is 12.6. The summed E-state index contributed by atoms with van der Waals surface area (Å²) >= 11 is 0. The number of nitrogens with one attached hydrogen (secondary N) is 1. The number of hydrogen-bond acceptors (Lipinski definition) is 3. The maximum atomic E-state index is 12.3. The van der Waals surface area contributed by atoms with Crippen molar-refractivity contribution in [3.63, 3.8) is 0 Å². The van der Waals surface area contributed by atoms with Crippen LogP contribution in [0.5, 0.6) is 0 Å². The van der Waals surface area contributed by atoms with E-state index in [-0.39, 0.29) is 18.3 Å². The molecule has 1 amide bonds. The highest BCUT2D eigenvalue weighted by molar-refractivity contribution is 5.90. The van der Waals surface area contributed by atoms with Crippen molar-refractivity contribution in [3.05, 3.63) is 35.5 Å². The molecule has 0 saturated carbocycles. The average molecular weight is 288 g/mol. The fourth-order valence-electron chi connectivity index (χ4n) is 2.33. The van der Waals surface area contributed by atoms with Gasteiger partial charge in [-0.3, -0.25) is 9.59 Å². The van der Waals surface area contributed by atoms with Gasteiger partial charge in [0.2, 0.25) is 5.91 Å². The van der Waals surface area contributed by atoms with Gasteiger partial charge in [-0.25, -0.2) is 0 Å². The minimum atomic E-state index is -0.307. The SMILES string of the molecule is COC(=O)CCN(C)C(=O)Cc1c(C)[nH]c2ccccc12. The second kappa shape index (κ2) is 6.43. The highest BCUT2D eigenvalue weighted by Gasteiger charge is 2.16. The molecule has 1 N–H and O–H groups in total. The van der Waals surface area contributed by atoms with Gasteiger partial charge in [0, 0.05) is 30.2 Å². The molecule has 1 aromatic carbocycles. The molecule has 0 aliphatic heterocycles. The van der Waals surface area contributed by atoms with Gasteiger partial charge in [0.15, 0.2) is 0 Å². The largest absolute Gasteiger partial charge is 0.469 e. The second-order valence-electron chi connectivity index (χ2n) is 5.09. The molecule has 0 spiro atoms. The van der Waals surface area contributed by atoms with Gasteiger partial charge in [-0.15, -0.1) is 0 Å². The summed E-state index contributed by atoms with van der Waals surface area (Å²) in [7, 11) is 3.05. The zero-order valence-corrected chi connectivity index (χ0v) is 12.6. The molecule has 0 radical (unpaired) electrons. The number of carbonyl (C=O) groups excluding carboxylic acids is 2. The molecule has 1 aromatic heterocycles. The van der Waals surface area contributed by atoms with E-state index >= 15 is 0 Å². The lowest BCUT2D eigenvalue weighted by Gasteiger charge is -2.16. The van der Waals surface area contributed by atoms with E-state index in [1.807, 2.05) is 31.2 Å². The Morgan fingerprint density at radius 2 is 2.00 bits per heavy atom. The van der Waals surface area contributed by atoms with Crippen LogP contribution in [0.25, 0.3) is 10.9 Å². The van der Waals surface area contributed by atoms with Crippen LogP contribution in [-0.2, 0) is 20.7 Å². The fourth-order valence-corrected chi connectivity index (χ4v) is 2.33. The first-order chi connectivity index (χ1) is 10.0. The molecule has 112 valence electrons. The van der Waals surface area contributed by atoms with Crippen LogP contribution in [0.3, 0.4) is 0 Å².